The Kier molecular flexibility index (Phi) is 8.26. The highest BCUT2D eigenvalue weighted by Gasteiger charge is 2.21. The molecule has 0 amide bonds. The van der Waals surface area contributed by atoms with Gasteiger partial charge in [-0.25, -0.2) is 0 Å². The second kappa shape index (κ2) is 15.0. The molecular weight excluding hydrogens is 853 g/mol. The lowest BCUT2D eigenvalue weighted by atomic mass is 9.86. The minimum absolute atomic E-state index is 0.874. The van der Waals surface area contributed by atoms with E-state index in [4.69, 9.17) is 19.9 Å². The van der Waals surface area contributed by atoms with Crippen molar-refractivity contribution in [3.63, 3.8) is 0 Å². The molecule has 6 heterocycles. The third-order valence-electron chi connectivity index (χ3n) is 14.4. The molecule has 0 fully saturated rings. The predicted molar refractivity (Wildman–Crippen MR) is 290 cm³/mol. The molecule has 15 aromatic rings. The summed E-state index contributed by atoms with van der Waals surface area (Å²) in [5, 5.41) is 15.7. The Labute approximate surface area is 400 Å². The molecule has 0 saturated carbocycles. The summed E-state index contributed by atoms with van der Waals surface area (Å²) in [4.78, 5) is 29.9. The Bertz CT molecular complexity index is 4320. The number of nitrogens with zero attached hydrogens (tertiary/aromatic N) is 6. The maximum Gasteiger partial charge on any atom is 0.0965 e. The van der Waals surface area contributed by atoms with E-state index < -0.39 is 0 Å². The first-order chi connectivity index (χ1) is 34.7. The van der Waals surface area contributed by atoms with Gasteiger partial charge in [0.25, 0.3) is 0 Å². The minimum Gasteiger partial charge on any atom is -0.254 e. The van der Waals surface area contributed by atoms with Crippen LogP contribution in [0.25, 0.3) is 153 Å². The summed E-state index contributed by atoms with van der Waals surface area (Å²) in [6.45, 7) is 0. The maximum absolute atomic E-state index is 5.24. The van der Waals surface area contributed by atoms with E-state index in [0.29, 0.717) is 0 Å². The molecule has 6 nitrogen and oxygen atoms in total. The highest BCUT2D eigenvalue weighted by Crippen LogP contribution is 2.47. The van der Waals surface area contributed by atoms with E-state index in [1.807, 2.05) is 49.3 Å². The van der Waals surface area contributed by atoms with Crippen LogP contribution in [-0.4, -0.2) is 29.9 Å². The fourth-order valence-corrected chi connectivity index (χ4v) is 11.3. The van der Waals surface area contributed by atoms with Gasteiger partial charge >= 0.3 is 0 Å². The SMILES string of the molecule is c1cnc2c(c1)ccc1cc(-c3c4ccccc4c(-c4cnc5c(ccc6cc(-c7c8ccccc8c(-c8cnc9c(ccc%10cccnc%109)c8)c8ccccc78)cnc65)c4)c4ccccc34)cnc12. The monoisotopic (exact) mass is 888 g/mol. The molecule has 0 aliphatic carbocycles. The molecule has 0 aliphatic rings. The van der Waals surface area contributed by atoms with Crippen molar-refractivity contribution in [1.29, 1.82) is 0 Å². The number of benzene rings is 9. The molecular formula is C64H36N6. The summed E-state index contributed by atoms with van der Waals surface area (Å²) in [5.41, 5.74) is 14.3. The Hall–Kier alpha value is -9.52. The third kappa shape index (κ3) is 5.74. The molecule has 0 unspecified atom stereocenters. The van der Waals surface area contributed by atoms with E-state index in [9.17, 15) is 0 Å². The summed E-state index contributed by atoms with van der Waals surface area (Å²) in [6, 6.07) is 65.0. The molecule has 15 rings (SSSR count). The molecule has 9 aromatic carbocycles. The van der Waals surface area contributed by atoms with Crippen LogP contribution >= 0.6 is 0 Å². The van der Waals surface area contributed by atoms with E-state index in [1.54, 1.807) is 0 Å². The number of hydrogen-bond donors (Lipinski definition) is 0. The fraction of sp³-hybridized carbons (Fsp3) is 0. The second-order valence-electron chi connectivity index (χ2n) is 18.2. The van der Waals surface area contributed by atoms with E-state index >= 15 is 0 Å². The first-order valence-electron chi connectivity index (χ1n) is 23.6. The van der Waals surface area contributed by atoms with Crippen molar-refractivity contribution >= 4 is 109 Å². The highest BCUT2D eigenvalue weighted by molar-refractivity contribution is 6.24. The van der Waals surface area contributed by atoms with Crippen molar-refractivity contribution in [2.45, 2.75) is 0 Å². The van der Waals surface area contributed by atoms with Gasteiger partial charge in [0.15, 0.2) is 0 Å². The molecule has 70 heavy (non-hydrogen) atoms. The summed E-state index contributed by atoms with van der Waals surface area (Å²) in [7, 11) is 0. The zero-order valence-corrected chi connectivity index (χ0v) is 37.5. The van der Waals surface area contributed by atoms with Gasteiger partial charge in [-0.3, -0.25) is 29.9 Å². The lowest BCUT2D eigenvalue weighted by Gasteiger charge is -2.18. The average molecular weight is 889 g/mol. The molecule has 0 spiro atoms. The summed E-state index contributed by atoms with van der Waals surface area (Å²) in [5.74, 6) is 0. The Morgan fingerprint density at radius 2 is 0.429 bits per heavy atom. The molecule has 0 atom stereocenters. The van der Waals surface area contributed by atoms with Crippen molar-refractivity contribution in [2.24, 2.45) is 0 Å². The molecule has 6 heteroatoms. The van der Waals surface area contributed by atoms with Crippen LogP contribution in [0.1, 0.15) is 0 Å². The molecule has 6 aromatic heterocycles. The van der Waals surface area contributed by atoms with E-state index in [1.165, 1.54) is 0 Å². The molecule has 0 radical (unpaired) electrons. The van der Waals surface area contributed by atoms with Crippen LogP contribution < -0.4 is 0 Å². The van der Waals surface area contributed by atoms with Gasteiger partial charge in [0.05, 0.1) is 33.1 Å². The predicted octanol–water partition coefficient (Wildman–Crippen LogP) is 16.3. The van der Waals surface area contributed by atoms with Crippen molar-refractivity contribution in [2.75, 3.05) is 0 Å². The van der Waals surface area contributed by atoms with Crippen molar-refractivity contribution in [1.82, 2.24) is 29.9 Å². The largest absolute Gasteiger partial charge is 0.254 e. The summed E-state index contributed by atoms with van der Waals surface area (Å²) < 4.78 is 0. The standard InChI is InChI=1S/C64H36N6/c1-5-17-51-47(13-1)55(43-29-39-23-21-37-11-9-27-65-59(37)61(39)67-33-43)48-14-2-6-18-52(48)57(51)45-31-41-25-26-42-32-46(36-70-64(42)63(41)69-35-45)58-53-19-7-3-15-49(53)56(50-16-4-8-20-54(50)58)44-30-40-24-22-38-12-10-28-66-60(38)62(40)68-34-44/h1-36H. The van der Waals surface area contributed by atoms with Gasteiger partial charge in [-0.05, 0) is 102 Å². The van der Waals surface area contributed by atoms with E-state index in [-0.39, 0.29) is 0 Å². The average Bonchev–Trinajstić information content (AvgIpc) is 3.43. The van der Waals surface area contributed by atoms with Gasteiger partial charge in [0.1, 0.15) is 0 Å². The fourth-order valence-electron chi connectivity index (χ4n) is 11.3. The number of rotatable bonds is 4. The first-order valence-corrected chi connectivity index (χ1v) is 23.6. The Morgan fingerprint density at radius 3 is 0.686 bits per heavy atom. The summed E-state index contributed by atoms with van der Waals surface area (Å²) >= 11 is 0. The highest BCUT2D eigenvalue weighted by atomic mass is 14.7. The zero-order chi connectivity index (χ0) is 45.9. The number of pyridine rings is 6. The van der Waals surface area contributed by atoms with Crippen LogP contribution in [0.2, 0.25) is 0 Å². The first kappa shape index (κ1) is 38.6. The second-order valence-corrected chi connectivity index (χ2v) is 18.2. The van der Waals surface area contributed by atoms with Crippen molar-refractivity contribution in [3.8, 4) is 44.5 Å². The van der Waals surface area contributed by atoms with Crippen LogP contribution in [0.3, 0.4) is 0 Å². The van der Waals surface area contributed by atoms with Crippen LogP contribution in [0.15, 0.2) is 219 Å². The Morgan fingerprint density at radius 1 is 0.200 bits per heavy atom. The lowest BCUT2D eigenvalue weighted by Crippen LogP contribution is -1.94. The van der Waals surface area contributed by atoms with Gasteiger partial charge in [-0.15, -0.1) is 0 Å². The van der Waals surface area contributed by atoms with Crippen molar-refractivity contribution < 1.29 is 0 Å². The Balaban J connectivity index is 0.863. The maximum atomic E-state index is 5.24. The van der Waals surface area contributed by atoms with Crippen LogP contribution in [0, 0.1) is 0 Å². The molecule has 0 bridgehead atoms. The van der Waals surface area contributed by atoms with Gasteiger partial charge in [0.2, 0.25) is 0 Å². The lowest BCUT2D eigenvalue weighted by molar-refractivity contribution is 1.37. The van der Waals surface area contributed by atoms with Gasteiger partial charge in [0, 0.05) is 91.8 Å². The number of fused-ring (bicyclic) bond motifs is 13. The van der Waals surface area contributed by atoms with Gasteiger partial charge in [-0.2, -0.15) is 0 Å². The number of hydrogen-bond acceptors (Lipinski definition) is 6. The molecule has 0 saturated heterocycles. The van der Waals surface area contributed by atoms with Crippen molar-refractivity contribution in [3.05, 3.63) is 219 Å². The zero-order valence-electron chi connectivity index (χ0n) is 37.5. The quantitative estimate of drug-likeness (QED) is 0.129. The molecule has 0 aliphatic heterocycles. The van der Waals surface area contributed by atoms with Gasteiger partial charge in [-0.1, -0.05) is 146 Å². The molecule has 322 valence electrons. The van der Waals surface area contributed by atoms with Crippen LogP contribution in [0.4, 0.5) is 0 Å². The smallest absolute Gasteiger partial charge is 0.0965 e. The van der Waals surface area contributed by atoms with E-state index in [2.05, 4.69) is 180 Å². The van der Waals surface area contributed by atoms with Crippen LogP contribution in [0.5, 0.6) is 0 Å². The van der Waals surface area contributed by atoms with E-state index in [0.717, 1.165) is 153 Å². The number of aromatic nitrogens is 6. The van der Waals surface area contributed by atoms with Crippen LogP contribution in [-0.2, 0) is 0 Å². The minimum atomic E-state index is 0.874. The molecule has 0 N–H and O–H groups in total. The third-order valence-corrected chi connectivity index (χ3v) is 14.4. The summed E-state index contributed by atoms with van der Waals surface area (Å²) in [6.07, 6.45) is 11.7. The topological polar surface area (TPSA) is 77.3 Å². The normalized spacial score (nSPS) is 12.0. The van der Waals surface area contributed by atoms with Gasteiger partial charge < -0.3 is 0 Å².